The molecule has 0 unspecified atom stereocenters. The van der Waals surface area contributed by atoms with Crippen LogP contribution in [0.2, 0.25) is 0 Å². The van der Waals surface area contributed by atoms with Gasteiger partial charge in [-0.25, -0.2) is 18.4 Å². The van der Waals surface area contributed by atoms with Gasteiger partial charge in [0.2, 0.25) is 0 Å². The first kappa shape index (κ1) is 23.4. The van der Waals surface area contributed by atoms with E-state index in [4.69, 9.17) is 5.73 Å². The molecule has 2 aromatic carbocycles. The molecule has 0 atom stereocenters. The number of nitrogen functional groups attached to an aromatic ring is 1. The molecule has 0 spiro atoms. The van der Waals surface area contributed by atoms with Gasteiger partial charge in [0.1, 0.15) is 17.8 Å². The van der Waals surface area contributed by atoms with Gasteiger partial charge in [0.15, 0.2) is 5.78 Å². The Bertz CT molecular complexity index is 1470. The molecular formula is C25H27N5O3S. The molecule has 0 saturated heterocycles. The average Bonchev–Trinajstić information content (AvgIpc) is 3.20. The van der Waals surface area contributed by atoms with Crippen molar-refractivity contribution >= 4 is 38.3 Å². The molecule has 0 saturated carbocycles. The smallest absolute Gasteiger partial charge is 0.261 e. The normalized spacial score (nSPS) is 11.9. The first-order valence-corrected chi connectivity index (χ1v) is 12.5. The zero-order chi connectivity index (χ0) is 24.6. The number of nitrogens with one attached hydrogen (secondary N) is 1. The highest BCUT2D eigenvalue weighted by molar-refractivity contribution is 7.92. The summed E-state index contributed by atoms with van der Waals surface area (Å²) in [6.07, 6.45) is 3.09. The molecule has 2 heterocycles. The molecule has 4 aromatic rings. The van der Waals surface area contributed by atoms with Crippen molar-refractivity contribution in [3.63, 3.8) is 0 Å². The Morgan fingerprint density at radius 3 is 2.38 bits per heavy atom. The number of nitrogens with zero attached hydrogens (tertiary/aromatic N) is 3. The molecule has 0 fully saturated rings. The van der Waals surface area contributed by atoms with Crippen LogP contribution in [0.4, 0.5) is 11.5 Å². The summed E-state index contributed by atoms with van der Waals surface area (Å²) in [5.74, 6) is 0.219. The molecule has 0 aliphatic heterocycles. The lowest BCUT2D eigenvalue weighted by atomic mass is 10.0. The highest BCUT2D eigenvalue weighted by Gasteiger charge is 2.22. The lowest BCUT2D eigenvalue weighted by Gasteiger charge is -2.11. The Labute approximate surface area is 198 Å². The molecule has 0 radical (unpaired) electrons. The molecule has 3 N–H and O–H groups in total. The van der Waals surface area contributed by atoms with Crippen LogP contribution in [0.25, 0.3) is 11.0 Å². The number of sulfonamides is 1. The molecule has 9 heteroatoms. The van der Waals surface area contributed by atoms with E-state index in [2.05, 4.69) is 14.7 Å². The van der Waals surface area contributed by atoms with Crippen LogP contribution < -0.4 is 10.5 Å². The number of carbonyl (C=O) groups is 1. The lowest BCUT2D eigenvalue weighted by Crippen LogP contribution is -2.13. The van der Waals surface area contributed by atoms with E-state index in [1.54, 1.807) is 48.7 Å². The molecular weight excluding hydrogens is 450 g/mol. The van der Waals surface area contributed by atoms with E-state index in [1.807, 2.05) is 32.3 Å². The maximum atomic E-state index is 13.4. The number of hydrogen-bond donors (Lipinski definition) is 2. The molecule has 34 heavy (non-hydrogen) atoms. The minimum atomic E-state index is -3.82. The zero-order valence-electron chi connectivity index (χ0n) is 19.5. The van der Waals surface area contributed by atoms with E-state index in [0.717, 1.165) is 5.56 Å². The van der Waals surface area contributed by atoms with Gasteiger partial charge in [0.25, 0.3) is 10.0 Å². The molecule has 0 bridgehead atoms. The lowest BCUT2D eigenvalue weighted by molar-refractivity contribution is 0.104. The third kappa shape index (κ3) is 4.38. The van der Waals surface area contributed by atoms with Crippen LogP contribution in [0.1, 0.15) is 61.1 Å². The fraction of sp³-hybridized carbons (Fsp3) is 0.240. The Kier molecular flexibility index (Phi) is 6.14. The van der Waals surface area contributed by atoms with E-state index in [-0.39, 0.29) is 28.2 Å². The van der Waals surface area contributed by atoms with Crippen molar-refractivity contribution in [2.75, 3.05) is 10.5 Å². The second-order valence-corrected chi connectivity index (χ2v) is 10.4. The number of anilines is 2. The van der Waals surface area contributed by atoms with Gasteiger partial charge in [-0.2, -0.15) is 0 Å². The van der Waals surface area contributed by atoms with Crippen LogP contribution in [0, 0.1) is 0 Å². The highest BCUT2D eigenvalue weighted by atomic mass is 32.2. The number of aromatic nitrogens is 3. The molecule has 0 aliphatic carbocycles. The first-order chi connectivity index (χ1) is 16.1. The molecule has 176 valence electrons. The number of nitrogens with two attached hydrogens (primary N) is 1. The molecule has 8 nitrogen and oxygen atoms in total. The Hall–Kier alpha value is -3.72. The molecule has 0 aliphatic rings. The Morgan fingerprint density at radius 1 is 1.03 bits per heavy atom. The molecule has 4 rings (SSSR count). The monoisotopic (exact) mass is 477 g/mol. The van der Waals surface area contributed by atoms with E-state index in [0.29, 0.717) is 28.1 Å². The van der Waals surface area contributed by atoms with Crippen molar-refractivity contribution in [2.45, 2.75) is 44.6 Å². The van der Waals surface area contributed by atoms with Gasteiger partial charge in [0.05, 0.1) is 15.8 Å². The van der Waals surface area contributed by atoms with Crippen LogP contribution in [-0.4, -0.2) is 28.7 Å². The standard InChI is InChI=1S/C25H27N5O3S/c1-15(2)17-8-10-20(11-9-17)34(32,33)29-19-7-5-6-18(12-19)23(31)21-13-30(16(3)4)25-22(21)24(26)27-14-28-25/h5-16,29H,1-4H3,(H2,26,27,28). The van der Waals surface area contributed by atoms with E-state index >= 15 is 0 Å². The minimum Gasteiger partial charge on any atom is -0.383 e. The van der Waals surface area contributed by atoms with Crippen molar-refractivity contribution in [2.24, 2.45) is 0 Å². The SMILES string of the molecule is CC(C)c1ccc(S(=O)(=O)Nc2cccc(C(=O)c3cn(C(C)C)c4ncnc(N)c34)c2)cc1. The fourth-order valence-electron chi connectivity index (χ4n) is 3.80. The van der Waals surface area contributed by atoms with Gasteiger partial charge in [-0.05, 0) is 49.6 Å². The number of ketones is 1. The van der Waals surface area contributed by atoms with Crippen LogP contribution in [0.5, 0.6) is 0 Å². The van der Waals surface area contributed by atoms with Gasteiger partial charge in [-0.1, -0.05) is 38.1 Å². The number of carbonyl (C=O) groups excluding carboxylic acids is 1. The van der Waals surface area contributed by atoms with E-state index < -0.39 is 10.0 Å². The summed E-state index contributed by atoms with van der Waals surface area (Å²) in [5, 5.41) is 0.484. The second-order valence-electron chi connectivity index (χ2n) is 8.74. The quantitative estimate of drug-likeness (QED) is 0.371. The number of hydrogen-bond acceptors (Lipinski definition) is 6. The third-order valence-corrected chi connectivity index (χ3v) is 7.07. The number of fused-ring (bicyclic) bond motifs is 1. The minimum absolute atomic E-state index is 0.0542. The molecule has 2 aromatic heterocycles. The number of benzene rings is 2. The van der Waals surface area contributed by atoms with Crippen LogP contribution in [0.15, 0.2) is 66.0 Å². The summed E-state index contributed by atoms with van der Waals surface area (Å²) in [6.45, 7) is 8.05. The zero-order valence-corrected chi connectivity index (χ0v) is 20.3. The maximum absolute atomic E-state index is 13.4. The van der Waals surface area contributed by atoms with Crippen LogP contribution in [-0.2, 0) is 10.0 Å². The number of rotatable bonds is 7. The largest absolute Gasteiger partial charge is 0.383 e. The highest BCUT2D eigenvalue weighted by Crippen LogP contribution is 2.29. The van der Waals surface area contributed by atoms with Crippen molar-refractivity contribution < 1.29 is 13.2 Å². The summed E-state index contributed by atoms with van der Waals surface area (Å²) in [6, 6.07) is 13.2. The van der Waals surface area contributed by atoms with Gasteiger partial charge >= 0.3 is 0 Å². The topological polar surface area (TPSA) is 120 Å². The fourth-order valence-corrected chi connectivity index (χ4v) is 4.85. The summed E-state index contributed by atoms with van der Waals surface area (Å²) < 4.78 is 30.2. The summed E-state index contributed by atoms with van der Waals surface area (Å²) in [5.41, 5.74) is 8.69. The first-order valence-electron chi connectivity index (χ1n) is 11.0. The average molecular weight is 478 g/mol. The van der Waals surface area contributed by atoms with Gasteiger partial charge < -0.3 is 10.3 Å². The third-order valence-electron chi connectivity index (χ3n) is 5.67. The van der Waals surface area contributed by atoms with Gasteiger partial charge in [0, 0.05) is 23.5 Å². The predicted octanol–water partition coefficient (Wildman–Crippen LogP) is 4.75. The van der Waals surface area contributed by atoms with Crippen LogP contribution in [0.3, 0.4) is 0 Å². The molecule has 0 amide bonds. The van der Waals surface area contributed by atoms with Crippen molar-refractivity contribution in [1.82, 2.24) is 14.5 Å². The van der Waals surface area contributed by atoms with E-state index in [9.17, 15) is 13.2 Å². The van der Waals surface area contributed by atoms with Crippen molar-refractivity contribution in [1.29, 1.82) is 0 Å². The summed E-state index contributed by atoms with van der Waals surface area (Å²) >= 11 is 0. The summed E-state index contributed by atoms with van der Waals surface area (Å²) in [7, 11) is -3.82. The van der Waals surface area contributed by atoms with Crippen molar-refractivity contribution in [3.05, 3.63) is 77.7 Å². The van der Waals surface area contributed by atoms with Gasteiger partial charge in [-0.15, -0.1) is 0 Å². The van der Waals surface area contributed by atoms with E-state index in [1.165, 1.54) is 12.4 Å². The van der Waals surface area contributed by atoms with Gasteiger partial charge in [-0.3, -0.25) is 9.52 Å². The maximum Gasteiger partial charge on any atom is 0.261 e. The Morgan fingerprint density at radius 2 is 1.74 bits per heavy atom. The second kappa shape index (κ2) is 8.90. The summed E-state index contributed by atoms with van der Waals surface area (Å²) in [4.78, 5) is 21.9. The predicted molar refractivity (Wildman–Crippen MR) is 134 cm³/mol. The Balaban J connectivity index is 1.68. The van der Waals surface area contributed by atoms with Crippen LogP contribution >= 0.6 is 0 Å². The van der Waals surface area contributed by atoms with Crippen molar-refractivity contribution in [3.8, 4) is 0 Å².